The summed E-state index contributed by atoms with van der Waals surface area (Å²) < 4.78 is 2.01. The Kier molecular flexibility index (Phi) is 3.83. The van der Waals surface area contributed by atoms with E-state index in [1.54, 1.807) is 6.33 Å². The summed E-state index contributed by atoms with van der Waals surface area (Å²) in [4.78, 5) is 6.59. The van der Waals surface area contributed by atoms with Crippen LogP contribution in [0.15, 0.2) is 30.9 Å². The minimum atomic E-state index is 0.470. The molecule has 1 aromatic carbocycles. The van der Waals surface area contributed by atoms with E-state index in [1.165, 1.54) is 36.1 Å². The summed E-state index contributed by atoms with van der Waals surface area (Å²) in [5.41, 5.74) is 4.16. The molecule has 0 amide bonds. The molecule has 2 heterocycles. The Morgan fingerprint density at radius 3 is 2.90 bits per heavy atom. The van der Waals surface area contributed by atoms with Crippen LogP contribution >= 0.6 is 0 Å². The summed E-state index contributed by atoms with van der Waals surface area (Å²) in [6.45, 7) is 7.63. The Balaban J connectivity index is 1.66. The van der Waals surface area contributed by atoms with Crippen molar-refractivity contribution in [2.24, 2.45) is 0 Å². The first-order chi connectivity index (χ1) is 9.72. The molecule has 1 unspecified atom stereocenters. The number of likely N-dealkylation sites (tertiary alicyclic amines) is 1. The fourth-order valence-electron chi connectivity index (χ4n) is 2.96. The Labute approximate surface area is 120 Å². The van der Waals surface area contributed by atoms with Gasteiger partial charge in [-0.3, -0.25) is 4.90 Å². The van der Waals surface area contributed by atoms with Crippen molar-refractivity contribution in [2.45, 2.75) is 39.3 Å². The molecular formula is C16H22N4. The number of piperidine rings is 1. The van der Waals surface area contributed by atoms with Gasteiger partial charge in [0.05, 0.1) is 6.04 Å². The molecule has 0 aliphatic carbocycles. The highest BCUT2D eigenvalue weighted by Crippen LogP contribution is 2.22. The predicted molar refractivity (Wildman–Crippen MR) is 79.5 cm³/mol. The third kappa shape index (κ3) is 2.90. The molecule has 1 atom stereocenters. The van der Waals surface area contributed by atoms with Crippen LogP contribution in [-0.2, 0) is 6.54 Å². The Morgan fingerprint density at radius 2 is 2.15 bits per heavy atom. The minimum Gasteiger partial charge on any atom is -0.297 e. The van der Waals surface area contributed by atoms with Crippen LogP contribution in [0.4, 0.5) is 0 Å². The van der Waals surface area contributed by atoms with Crippen molar-refractivity contribution in [1.29, 1.82) is 0 Å². The van der Waals surface area contributed by atoms with Crippen molar-refractivity contribution >= 4 is 0 Å². The van der Waals surface area contributed by atoms with Crippen molar-refractivity contribution in [3.05, 3.63) is 47.5 Å². The van der Waals surface area contributed by atoms with Gasteiger partial charge in [0, 0.05) is 13.1 Å². The standard InChI is InChI=1S/C16H22N4/c1-13-5-6-15(8-14(13)2)9-19-7-3-4-16(10-19)20-12-17-11-18-20/h5-6,8,11-12,16H,3-4,7,9-10H2,1-2H3. The van der Waals surface area contributed by atoms with Gasteiger partial charge in [-0.2, -0.15) is 5.10 Å². The van der Waals surface area contributed by atoms with Gasteiger partial charge in [0.2, 0.25) is 0 Å². The lowest BCUT2D eigenvalue weighted by Crippen LogP contribution is -2.36. The van der Waals surface area contributed by atoms with Crippen LogP contribution in [0.5, 0.6) is 0 Å². The molecule has 3 rings (SSSR count). The molecule has 1 aromatic heterocycles. The smallest absolute Gasteiger partial charge is 0.137 e. The molecule has 20 heavy (non-hydrogen) atoms. The Morgan fingerprint density at radius 1 is 1.25 bits per heavy atom. The molecule has 1 saturated heterocycles. The van der Waals surface area contributed by atoms with Crippen molar-refractivity contribution < 1.29 is 0 Å². The van der Waals surface area contributed by atoms with Crippen molar-refractivity contribution in [3.8, 4) is 0 Å². The van der Waals surface area contributed by atoms with Crippen LogP contribution in [0, 0.1) is 13.8 Å². The molecule has 4 nitrogen and oxygen atoms in total. The maximum absolute atomic E-state index is 4.29. The van der Waals surface area contributed by atoms with Gasteiger partial charge in [-0.05, 0) is 49.9 Å². The zero-order valence-corrected chi connectivity index (χ0v) is 12.3. The highest BCUT2D eigenvalue weighted by atomic mass is 15.3. The second-order valence-corrected chi connectivity index (χ2v) is 5.83. The van der Waals surface area contributed by atoms with Crippen molar-refractivity contribution in [2.75, 3.05) is 13.1 Å². The molecule has 1 aliphatic rings. The normalized spacial score (nSPS) is 20.2. The van der Waals surface area contributed by atoms with E-state index in [-0.39, 0.29) is 0 Å². The lowest BCUT2D eigenvalue weighted by atomic mass is 10.0. The van der Waals surface area contributed by atoms with E-state index in [2.05, 4.69) is 47.0 Å². The molecule has 0 bridgehead atoms. The average molecular weight is 270 g/mol. The lowest BCUT2D eigenvalue weighted by molar-refractivity contribution is 0.163. The average Bonchev–Trinajstić information content (AvgIpc) is 2.97. The highest BCUT2D eigenvalue weighted by molar-refractivity contribution is 5.29. The van der Waals surface area contributed by atoms with Gasteiger partial charge in [0.15, 0.2) is 0 Å². The second-order valence-electron chi connectivity index (χ2n) is 5.83. The van der Waals surface area contributed by atoms with E-state index in [0.717, 1.165) is 13.1 Å². The van der Waals surface area contributed by atoms with Crippen LogP contribution in [0.25, 0.3) is 0 Å². The molecule has 0 spiro atoms. The van der Waals surface area contributed by atoms with Crippen molar-refractivity contribution in [3.63, 3.8) is 0 Å². The maximum Gasteiger partial charge on any atom is 0.137 e. The van der Waals surface area contributed by atoms with E-state index in [0.29, 0.717) is 6.04 Å². The monoisotopic (exact) mass is 270 g/mol. The van der Waals surface area contributed by atoms with Gasteiger partial charge < -0.3 is 0 Å². The number of rotatable bonds is 3. The number of hydrogen-bond donors (Lipinski definition) is 0. The molecule has 0 saturated carbocycles. The lowest BCUT2D eigenvalue weighted by Gasteiger charge is -2.32. The van der Waals surface area contributed by atoms with E-state index < -0.39 is 0 Å². The molecule has 0 radical (unpaired) electrons. The third-order valence-electron chi connectivity index (χ3n) is 4.27. The minimum absolute atomic E-state index is 0.470. The van der Waals surface area contributed by atoms with E-state index >= 15 is 0 Å². The van der Waals surface area contributed by atoms with E-state index in [1.807, 2.05) is 11.0 Å². The summed E-state index contributed by atoms with van der Waals surface area (Å²) in [7, 11) is 0. The maximum atomic E-state index is 4.29. The van der Waals surface area contributed by atoms with Crippen LogP contribution in [-0.4, -0.2) is 32.8 Å². The number of hydrogen-bond acceptors (Lipinski definition) is 3. The molecule has 1 aliphatic heterocycles. The SMILES string of the molecule is Cc1ccc(CN2CCCC(n3cncn3)C2)cc1C. The number of nitrogens with zero attached hydrogens (tertiary/aromatic N) is 4. The highest BCUT2D eigenvalue weighted by Gasteiger charge is 2.21. The topological polar surface area (TPSA) is 34.0 Å². The zero-order valence-electron chi connectivity index (χ0n) is 12.3. The van der Waals surface area contributed by atoms with Crippen molar-refractivity contribution in [1.82, 2.24) is 19.7 Å². The van der Waals surface area contributed by atoms with Gasteiger partial charge in [0.1, 0.15) is 12.7 Å². The van der Waals surface area contributed by atoms with E-state index in [9.17, 15) is 0 Å². The van der Waals surface area contributed by atoms with Crippen LogP contribution in [0.2, 0.25) is 0 Å². The zero-order chi connectivity index (χ0) is 13.9. The number of benzene rings is 1. The first-order valence-electron chi connectivity index (χ1n) is 7.35. The molecular weight excluding hydrogens is 248 g/mol. The number of aromatic nitrogens is 3. The summed E-state index contributed by atoms with van der Waals surface area (Å²) in [6, 6.07) is 7.26. The largest absolute Gasteiger partial charge is 0.297 e. The summed E-state index contributed by atoms with van der Waals surface area (Å²) in [6.07, 6.45) is 5.90. The van der Waals surface area contributed by atoms with Gasteiger partial charge in [-0.25, -0.2) is 9.67 Å². The van der Waals surface area contributed by atoms with Crippen LogP contribution < -0.4 is 0 Å². The fraction of sp³-hybridized carbons (Fsp3) is 0.500. The van der Waals surface area contributed by atoms with Gasteiger partial charge in [-0.1, -0.05) is 18.2 Å². The van der Waals surface area contributed by atoms with Crippen LogP contribution in [0.3, 0.4) is 0 Å². The molecule has 106 valence electrons. The van der Waals surface area contributed by atoms with Gasteiger partial charge in [0.25, 0.3) is 0 Å². The summed E-state index contributed by atoms with van der Waals surface area (Å²) >= 11 is 0. The molecule has 0 N–H and O–H groups in total. The molecule has 1 fully saturated rings. The van der Waals surface area contributed by atoms with Gasteiger partial charge in [-0.15, -0.1) is 0 Å². The van der Waals surface area contributed by atoms with Crippen LogP contribution in [0.1, 0.15) is 35.6 Å². The third-order valence-corrected chi connectivity index (χ3v) is 4.27. The predicted octanol–water partition coefficient (Wildman–Crippen LogP) is 2.73. The first-order valence-corrected chi connectivity index (χ1v) is 7.35. The Bertz CT molecular complexity index is 562. The first kappa shape index (κ1) is 13.3. The quantitative estimate of drug-likeness (QED) is 0.860. The fourth-order valence-corrected chi connectivity index (χ4v) is 2.96. The molecule has 4 heteroatoms. The number of aryl methyl sites for hydroxylation is 2. The summed E-state index contributed by atoms with van der Waals surface area (Å²) in [5.74, 6) is 0. The molecule has 2 aromatic rings. The van der Waals surface area contributed by atoms with Gasteiger partial charge >= 0.3 is 0 Å². The Hall–Kier alpha value is -1.68. The summed E-state index contributed by atoms with van der Waals surface area (Å²) in [5, 5.41) is 4.29. The second kappa shape index (κ2) is 5.75. The van der Waals surface area contributed by atoms with E-state index in [4.69, 9.17) is 0 Å².